The molecular weight excluding hydrogens is 449 g/mol. The molecule has 1 unspecified atom stereocenters. The quantitative estimate of drug-likeness (QED) is 0.505. The zero-order valence-electron chi connectivity index (χ0n) is 18.8. The Bertz CT molecular complexity index is 1180. The van der Waals surface area contributed by atoms with Crippen molar-refractivity contribution in [3.05, 3.63) is 18.5 Å². The molecule has 3 aromatic heterocycles. The number of amides is 1. The van der Waals surface area contributed by atoms with Crippen LogP contribution in [0.3, 0.4) is 0 Å². The molecule has 4 heterocycles. The molecule has 0 radical (unpaired) electrons. The van der Waals surface area contributed by atoms with Gasteiger partial charge >= 0.3 is 6.18 Å². The lowest BCUT2D eigenvalue weighted by Gasteiger charge is -2.30. The van der Waals surface area contributed by atoms with Crippen molar-refractivity contribution in [2.45, 2.75) is 38.9 Å². The highest BCUT2D eigenvalue weighted by molar-refractivity contribution is 5.97. The van der Waals surface area contributed by atoms with Gasteiger partial charge in [0.15, 0.2) is 0 Å². The van der Waals surface area contributed by atoms with Crippen molar-refractivity contribution in [3.8, 4) is 11.4 Å². The molecular formula is C22H27F3N8O. The highest BCUT2D eigenvalue weighted by atomic mass is 19.4. The molecule has 3 N–H and O–H groups in total. The summed E-state index contributed by atoms with van der Waals surface area (Å²) < 4.78 is 40.5. The van der Waals surface area contributed by atoms with E-state index in [-0.39, 0.29) is 11.8 Å². The van der Waals surface area contributed by atoms with E-state index in [2.05, 4.69) is 25.9 Å². The number of carbonyl (C=O) groups is 1. The van der Waals surface area contributed by atoms with E-state index in [9.17, 15) is 18.0 Å². The number of piperazine rings is 1. The molecule has 12 heteroatoms. The Hall–Kier alpha value is -3.15. The summed E-state index contributed by atoms with van der Waals surface area (Å²) >= 11 is 0. The average molecular weight is 477 g/mol. The highest BCUT2D eigenvalue weighted by Gasteiger charge is 2.31. The number of hydrogen-bond donors (Lipinski definition) is 3. The molecule has 34 heavy (non-hydrogen) atoms. The fourth-order valence-electron chi connectivity index (χ4n) is 4.57. The maximum absolute atomic E-state index is 13.2. The molecule has 1 saturated carbocycles. The fourth-order valence-corrected chi connectivity index (χ4v) is 4.57. The smallest absolute Gasteiger partial charge is 0.353 e. The number of fused-ring (bicyclic) bond motifs is 1. The molecule has 1 aliphatic heterocycles. The van der Waals surface area contributed by atoms with Crippen LogP contribution in [0, 0.1) is 11.8 Å². The number of anilines is 2. The van der Waals surface area contributed by atoms with Gasteiger partial charge in [-0.2, -0.15) is 23.4 Å². The van der Waals surface area contributed by atoms with Crippen molar-refractivity contribution < 1.29 is 18.0 Å². The Balaban J connectivity index is 1.54. The number of halogens is 3. The molecule has 5 rings (SSSR count). The Morgan fingerprint density at radius 2 is 2.03 bits per heavy atom. The number of aromatic amines is 1. The number of rotatable bonds is 6. The van der Waals surface area contributed by atoms with Crippen molar-refractivity contribution in [1.29, 1.82) is 0 Å². The van der Waals surface area contributed by atoms with Crippen molar-refractivity contribution in [1.82, 2.24) is 30.3 Å². The third-order valence-electron chi connectivity index (χ3n) is 6.79. The molecule has 1 aliphatic carbocycles. The molecule has 2 aliphatic rings. The van der Waals surface area contributed by atoms with Crippen LogP contribution in [0.25, 0.3) is 22.3 Å². The highest BCUT2D eigenvalue weighted by Crippen LogP contribution is 2.36. The number of carbonyl (C=O) groups excluding carboxylic acids is 1. The van der Waals surface area contributed by atoms with Crippen LogP contribution in [-0.2, 0) is 11.3 Å². The van der Waals surface area contributed by atoms with E-state index in [1.807, 2.05) is 11.8 Å². The minimum absolute atomic E-state index is 0.0992. The van der Waals surface area contributed by atoms with Gasteiger partial charge in [-0.25, -0.2) is 4.98 Å². The third kappa shape index (κ3) is 4.46. The van der Waals surface area contributed by atoms with Crippen molar-refractivity contribution in [3.63, 3.8) is 0 Å². The number of alkyl halides is 3. The summed E-state index contributed by atoms with van der Waals surface area (Å²) in [4.78, 5) is 19.6. The van der Waals surface area contributed by atoms with Crippen LogP contribution in [-0.4, -0.2) is 63.2 Å². The summed E-state index contributed by atoms with van der Waals surface area (Å²) in [5.74, 6) is 0.715. The summed E-state index contributed by atoms with van der Waals surface area (Å²) in [5, 5.41) is 17.7. The van der Waals surface area contributed by atoms with E-state index in [0.29, 0.717) is 52.8 Å². The second kappa shape index (κ2) is 8.90. The Kier molecular flexibility index (Phi) is 5.92. The largest absolute Gasteiger partial charge is 0.408 e. The number of pyridine rings is 1. The molecule has 182 valence electrons. The predicted octanol–water partition coefficient (Wildman–Crippen LogP) is 3.17. The average Bonchev–Trinajstić information content (AvgIpc) is 3.38. The van der Waals surface area contributed by atoms with Crippen molar-refractivity contribution >= 4 is 28.3 Å². The molecule has 1 atom stereocenters. The van der Waals surface area contributed by atoms with Crippen LogP contribution in [0.5, 0.6) is 0 Å². The first-order valence-electron chi connectivity index (χ1n) is 11.5. The van der Waals surface area contributed by atoms with Crippen LogP contribution < -0.4 is 15.5 Å². The van der Waals surface area contributed by atoms with Gasteiger partial charge in [0.2, 0.25) is 5.91 Å². The molecule has 0 aromatic carbocycles. The van der Waals surface area contributed by atoms with Gasteiger partial charge in [-0.3, -0.25) is 14.6 Å². The lowest BCUT2D eigenvalue weighted by Crippen LogP contribution is -2.44. The van der Waals surface area contributed by atoms with Gasteiger partial charge in [0.1, 0.15) is 18.1 Å². The first kappa shape index (κ1) is 22.6. The molecule has 0 bridgehead atoms. The normalized spacial score (nSPS) is 18.2. The number of nitrogens with zero attached hydrogens (tertiary/aromatic N) is 5. The van der Waals surface area contributed by atoms with Crippen molar-refractivity contribution in [2.75, 3.05) is 36.4 Å². The first-order valence-corrected chi connectivity index (χ1v) is 11.5. The zero-order valence-corrected chi connectivity index (χ0v) is 18.8. The summed E-state index contributed by atoms with van der Waals surface area (Å²) in [5.41, 5.74) is 1.63. The SMILES string of the molecule is CC(C(=O)Nc1cn[nH]c1-c1cc2c(cnn2CC(F)(F)F)c(N2CCNCC2)n1)C1CCC1. The first-order chi connectivity index (χ1) is 16.3. The van der Waals surface area contributed by atoms with Gasteiger partial charge in [-0.15, -0.1) is 0 Å². The molecule has 2 fully saturated rings. The van der Waals surface area contributed by atoms with Crippen LogP contribution in [0.15, 0.2) is 18.5 Å². The number of hydrogen-bond acceptors (Lipinski definition) is 6. The van der Waals surface area contributed by atoms with Crippen LogP contribution in [0.4, 0.5) is 24.7 Å². The summed E-state index contributed by atoms with van der Waals surface area (Å²) in [6, 6.07) is 1.57. The summed E-state index contributed by atoms with van der Waals surface area (Å²) in [7, 11) is 0. The number of nitrogens with one attached hydrogen (secondary N) is 3. The van der Waals surface area contributed by atoms with Gasteiger partial charge < -0.3 is 15.5 Å². The van der Waals surface area contributed by atoms with E-state index in [1.165, 1.54) is 12.4 Å². The van der Waals surface area contributed by atoms with Crippen molar-refractivity contribution in [2.24, 2.45) is 11.8 Å². The van der Waals surface area contributed by atoms with E-state index in [0.717, 1.165) is 37.0 Å². The minimum Gasteiger partial charge on any atom is -0.353 e. The topological polar surface area (TPSA) is 104 Å². The van der Waals surface area contributed by atoms with Crippen LogP contribution >= 0.6 is 0 Å². The molecule has 1 amide bonds. The molecule has 1 saturated heterocycles. The Labute approximate surface area is 194 Å². The van der Waals surface area contributed by atoms with Gasteiger partial charge in [0, 0.05) is 32.1 Å². The number of aromatic nitrogens is 5. The monoisotopic (exact) mass is 476 g/mol. The second-order valence-corrected chi connectivity index (χ2v) is 9.05. The predicted molar refractivity (Wildman–Crippen MR) is 121 cm³/mol. The molecule has 3 aromatic rings. The summed E-state index contributed by atoms with van der Waals surface area (Å²) in [6.07, 6.45) is 1.76. The van der Waals surface area contributed by atoms with Gasteiger partial charge in [0.25, 0.3) is 0 Å². The van der Waals surface area contributed by atoms with Gasteiger partial charge in [0.05, 0.1) is 34.7 Å². The minimum atomic E-state index is -4.41. The standard InChI is InChI=1S/C22H27F3N8O/c1-13(14-3-2-4-14)21(34)30-17-11-27-31-19(17)16-9-18-15(10-28-33(18)12-22(23,24)25)20(29-16)32-7-5-26-6-8-32/h9-11,13-14,26H,2-8,12H2,1H3,(H,27,31)(H,30,34). The maximum Gasteiger partial charge on any atom is 0.408 e. The van der Waals surface area contributed by atoms with Gasteiger partial charge in [-0.05, 0) is 24.8 Å². The van der Waals surface area contributed by atoms with Gasteiger partial charge in [-0.1, -0.05) is 13.3 Å². The maximum atomic E-state index is 13.2. The van der Waals surface area contributed by atoms with E-state index < -0.39 is 12.7 Å². The summed E-state index contributed by atoms with van der Waals surface area (Å²) in [6.45, 7) is 3.54. The van der Waals surface area contributed by atoms with E-state index in [4.69, 9.17) is 4.98 Å². The Morgan fingerprint density at radius 1 is 1.26 bits per heavy atom. The van der Waals surface area contributed by atoms with Crippen LogP contribution in [0.1, 0.15) is 26.2 Å². The molecule has 9 nitrogen and oxygen atoms in total. The Morgan fingerprint density at radius 3 is 2.71 bits per heavy atom. The zero-order chi connectivity index (χ0) is 23.9. The molecule has 0 spiro atoms. The van der Waals surface area contributed by atoms with E-state index in [1.54, 1.807) is 6.07 Å². The third-order valence-corrected chi connectivity index (χ3v) is 6.79. The lowest BCUT2D eigenvalue weighted by molar-refractivity contribution is -0.141. The van der Waals surface area contributed by atoms with E-state index >= 15 is 0 Å². The lowest BCUT2D eigenvalue weighted by atomic mass is 9.76. The fraction of sp³-hybridized carbons (Fsp3) is 0.545. The number of H-pyrrole nitrogens is 1. The van der Waals surface area contributed by atoms with Crippen LogP contribution in [0.2, 0.25) is 0 Å². The second-order valence-electron chi connectivity index (χ2n) is 9.05.